The van der Waals surface area contributed by atoms with Crippen LogP contribution < -0.4 is 15.4 Å². The molecule has 0 radical (unpaired) electrons. The van der Waals surface area contributed by atoms with Crippen molar-refractivity contribution in [3.63, 3.8) is 0 Å². The normalized spacial score (nSPS) is 24.3. The van der Waals surface area contributed by atoms with Crippen molar-refractivity contribution in [1.82, 2.24) is 10.6 Å². The molecule has 1 saturated heterocycles. The maximum absolute atomic E-state index is 13.2. The minimum absolute atomic E-state index is 0. The fraction of sp³-hybridized carbons (Fsp3) is 0.667. The van der Waals surface area contributed by atoms with Crippen molar-refractivity contribution in [2.75, 3.05) is 12.3 Å². The Morgan fingerprint density at radius 3 is 2.69 bits per heavy atom. The van der Waals surface area contributed by atoms with Crippen LogP contribution in [-0.4, -0.2) is 44.8 Å². The average molecular weight is 443 g/mol. The van der Waals surface area contributed by atoms with E-state index in [9.17, 15) is 13.2 Å². The van der Waals surface area contributed by atoms with Crippen molar-refractivity contribution >= 4 is 28.2 Å². The van der Waals surface area contributed by atoms with Gasteiger partial charge in [0.15, 0.2) is 9.84 Å². The van der Waals surface area contributed by atoms with Crippen molar-refractivity contribution in [2.24, 2.45) is 5.92 Å². The third-order valence-electron chi connectivity index (χ3n) is 6.13. The number of halogens is 1. The summed E-state index contributed by atoms with van der Waals surface area (Å²) in [5.74, 6) is 1.03. The molecule has 162 valence electrons. The van der Waals surface area contributed by atoms with E-state index in [1.807, 2.05) is 6.92 Å². The highest BCUT2D eigenvalue weighted by molar-refractivity contribution is 7.91. The smallest absolute Gasteiger partial charge is 0.255 e. The van der Waals surface area contributed by atoms with E-state index in [0.717, 1.165) is 31.4 Å². The molecule has 1 aromatic rings. The van der Waals surface area contributed by atoms with Gasteiger partial charge >= 0.3 is 0 Å². The van der Waals surface area contributed by atoms with E-state index in [1.54, 1.807) is 13.0 Å². The van der Waals surface area contributed by atoms with Crippen LogP contribution in [0.3, 0.4) is 0 Å². The van der Waals surface area contributed by atoms with Gasteiger partial charge in [0.2, 0.25) is 0 Å². The van der Waals surface area contributed by atoms with Gasteiger partial charge in [-0.05, 0) is 56.3 Å². The number of fused-ring (bicyclic) bond motifs is 1. The molecule has 2 aliphatic heterocycles. The summed E-state index contributed by atoms with van der Waals surface area (Å²) in [5, 5.41) is 6.72. The summed E-state index contributed by atoms with van der Waals surface area (Å²) in [6, 6.07) is 3.54. The molecule has 4 rings (SSSR count). The van der Waals surface area contributed by atoms with Crippen LogP contribution in [0.2, 0.25) is 0 Å². The second kappa shape index (κ2) is 8.82. The number of carbonyl (C=O) groups excluding carboxylic acids is 1. The van der Waals surface area contributed by atoms with Gasteiger partial charge in [0.05, 0.1) is 16.2 Å². The number of sulfone groups is 1. The standard InChI is InChI=1S/C21H30N2O4S.ClH/c1-3-28(25,26)16-11-15-9-13(2)27-20(15)17(12-16)21(24)23-19(10-14-6-7-14)18-5-4-8-22-18;/h11-14,18-19,22H,3-10H2,1-2H3,(H,23,24);1H. The zero-order valence-electron chi connectivity index (χ0n) is 17.1. The quantitative estimate of drug-likeness (QED) is 0.678. The van der Waals surface area contributed by atoms with Crippen molar-refractivity contribution in [3.05, 3.63) is 23.3 Å². The number of nitrogens with one attached hydrogen (secondary N) is 2. The van der Waals surface area contributed by atoms with E-state index in [4.69, 9.17) is 4.74 Å². The van der Waals surface area contributed by atoms with Gasteiger partial charge in [-0.15, -0.1) is 12.4 Å². The van der Waals surface area contributed by atoms with Gasteiger partial charge < -0.3 is 15.4 Å². The Kier molecular flexibility index (Phi) is 6.81. The Morgan fingerprint density at radius 1 is 1.31 bits per heavy atom. The second-order valence-electron chi connectivity index (χ2n) is 8.46. The fourth-order valence-corrected chi connectivity index (χ4v) is 5.31. The summed E-state index contributed by atoms with van der Waals surface area (Å²) in [6.45, 7) is 4.55. The molecule has 2 fully saturated rings. The Balaban J connectivity index is 0.00000240. The van der Waals surface area contributed by atoms with Gasteiger partial charge in [0, 0.05) is 18.5 Å². The molecule has 2 N–H and O–H groups in total. The van der Waals surface area contributed by atoms with Gasteiger partial charge in [0.1, 0.15) is 11.9 Å². The fourth-order valence-electron chi connectivity index (χ4n) is 4.36. The van der Waals surface area contributed by atoms with Crippen LogP contribution in [0, 0.1) is 5.92 Å². The lowest BCUT2D eigenvalue weighted by Crippen LogP contribution is -2.47. The molecule has 2 heterocycles. The third-order valence-corrected chi connectivity index (χ3v) is 7.85. The van der Waals surface area contributed by atoms with Crippen molar-refractivity contribution < 1.29 is 17.9 Å². The third kappa shape index (κ3) is 4.89. The lowest BCUT2D eigenvalue weighted by molar-refractivity contribution is 0.0920. The first-order chi connectivity index (χ1) is 13.4. The monoisotopic (exact) mass is 442 g/mol. The minimum atomic E-state index is -3.39. The summed E-state index contributed by atoms with van der Waals surface area (Å²) in [4.78, 5) is 13.5. The number of ether oxygens (including phenoxy) is 1. The molecule has 0 aromatic heterocycles. The minimum Gasteiger partial charge on any atom is -0.489 e. The Hall–Kier alpha value is -1.31. The van der Waals surface area contributed by atoms with Gasteiger partial charge in [-0.3, -0.25) is 4.79 Å². The molecule has 3 aliphatic rings. The Morgan fingerprint density at radius 2 is 2.07 bits per heavy atom. The van der Waals surface area contributed by atoms with Crippen molar-refractivity contribution in [1.29, 1.82) is 0 Å². The molecule has 6 nitrogen and oxygen atoms in total. The number of carbonyl (C=O) groups is 1. The van der Waals surface area contributed by atoms with Crippen LogP contribution in [0.5, 0.6) is 5.75 Å². The van der Waals surface area contributed by atoms with Crippen LogP contribution in [0.15, 0.2) is 17.0 Å². The molecule has 8 heteroatoms. The highest BCUT2D eigenvalue weighted by Gasteiger charge is 2.34. The molecular formula is C21H31ClN2O4S. The van der Waals surface area contributed by atoms with E-state index in [0.29, 0.717) is 29.7 Å². The molecule has 1 amide bonds. The van der Waals surface area contributed by atoms with Crippen LogP contribution in [0.1, 0.15) is 61.9 Å². The molecule has 3 unspecified atom stereocenters. The van der Waals surface area contributed by atoms with Gasteiger partial charge in [-0.2, -0.15) is 0 Å². The number of rotatable bonds is 7. The highest BCUT2D eigenvalue weighted by atomic mass is 35.5. The maximum atomic E-state index is 13.2. The highest BCUT2D eigenvalue weighted by Crippen LogP contribution is 2.37. The topological polar surface area (TPSA) is 84.5 Å². The molecule has 0 spiro atoms. The SMILES string of the molecule is CCS(=O)(=O)c1cc2c(c(C(=O)NC(CC3CC3)C3CCCN3)c1)OC(C)C2.Cl. The number of hydrogen-bond acceptors (Lipinski definition) is 5. The summed E-state index contributed by atoms with van der Waals surface area (Å²) in [7, 11) is -3.39. The number of benzene rings is 1. The Bertz CT molecular complexity index is 864. The van der Waals surface area contributed by atoms with Crippen LogP contribution >= 0.6 is 12.4 Å². The summed E-state index contributed by atoms with van der Waals surface area (Å²) in [5.41, 5.74) is 1.16. The first kappa shape index (κ1) is 22.4. The van der Waals surface area contributed by atoms with Gasteiger partial charge in [0.25, 0.3) is 5.91 Å². The second-order valence-corrected chi connectivity index (χ2v) is 10.7. The summed E-state index contributed by atoms with van der Waals surface area (Å²) < 4.78 is 30.8. The summed E-state index contributed by atoms with van der Waals surface area (Å²) >= 11 is 0. The van der Waals surface area contributed by atoms with E-state index < -0.39 is 9.84 Å². The van der Waals surface area contributed by atoms with E-state index in [-0.39, 0.29) is 41.1 Å². The lowest BCUT2D eigenvalue weighted by atomic mass is 9.99. The number of hydrogen-bond donors (Lipinski definition) is 2. The molecule has 3 atom stereocenters. The Labute approximate surface area is 179 Å². The predicted molar refractivity (Wildman–Crippen MR) is 115 cm³/mol. The van der Waals surface area contributed by atoms with Crippen LogP contribution in [0.25, 0.3) is 0 Å². The van der Waals surface area contributed by atoms with E-state index >= 15 is 0 Å². The average Bonchev–Trinajstić information content (AvgIpc) is 3.16. The molecule has 1 aliphatic carbocycles. The molecule has 0 bridgehead atoms. The van der Waals surface area contributed by atoms with Crippen molar-refractivity contribution in [2.45, 2.75) is 75.5 Å². The van der Waals surface area contributed by atoms with Gasteiger partial charge in [-0.1, -0.05) is 19.8 Å². The van der Waals surface area contributed by atoms with Crippen LogP contribution in [-0.2, 0) is 16.3 Å². The molecular weight excluding hydrogens is 412 g/mol. The molecule has 29 heavy (non-hydrogen) atoms. The summed E-state index contributed by atoms with van der Waals surface area (Å²) in [6.07, 6.45) is 6.21. The molecule has 1 aromatic carbocycles. The maximum Gasteiger partial charge on any atom is 0.255 e. The molecule has 1 saturated carbocycles. The first-order valence-electron chi connectivity index (χ1n) is 10.5. The van der Waals surface area contributed by atoms with E-state index in [1.165, 1.54) is 18.9 Å². The van der Waals surface area contributed by atoms with Crippen molar-refractivity contribution in [3.8, 4) is 5.75 Å². The zero-order valence-corrected chi connectivity index (χ0v) is 18.7. The van der Waals surface area contributed by atoms with E-state index in [2.05, 4.69) is 10.6 Å². The largest absolute Gasteiger partial charge is 0.489 e. The lowest BCUT2D eigenvalue weighted by Gasteiger charge is -2.25. The zero-order chi connectivity index (χ0) is 19.9. The number of amides is 1. The first-order valence-corrected chi connectivity index (χ1v) is 12.1. The van der Waals surface area contributed by atoms with Crippen LogP contribution in [0.4, 0.5) is 0 Å². The predicted octanol–water partition coefficient (Wildman–Crippen LogP) is 2.88. The van der Waals surface area contributed by atoms with Gasteiger partial charge in [-0.25, -0.2) is 8.42 Å².